The third-order valence-electron chi connectivity index (χ3n) is 3.34. The van der Waals surface area contributed by atoms with Crippen LogP contribution in [0.3, 0.4) is 0 Å². The minimum Gasteiger partial charge on any atom is -0.479 e. The van der Waals surface area contributed by atoms with Gasteiger partial charge < -0.3 is 9.84 Å². The van der Waals surface area contributed by atoms with Crippen LogP contribution in [0.15, 0.2) is 12.2 Å². The minimum atomic E-state index is -0.957. The first-order chi connectivity index (χ1) is 10.1. The summed E-state index contributed by atoms with van der Waals surface area (Å²) in [5.74, 6) is -1.56. The van der Waals surface area contributed by atoms with Gasteiger partial charge in [-0.05, 0) is 25.7 Å². The van der Waals surface area contributed by atoms with Crippen molar-refractivity contribution in [2.75, 3.05) is 13.2 Å². The number of ether oxygens (including phenoxy) is 1. The molecule has 1 rings (SSSR count). The molecule has 1 atom stereocenters. The first kappa shape index (κ1) is 17.4. The Bertz CT molecular complexity index is 387. The lowest BCUT2D eigenvalue weighted by Crippen LogP contribution is -2.31. The molecule has 6 nitrogen and oxygen atoms in total. The predicted molar refractivity (Wildman–Crippen MR) is 76.6 cm³/mol. The third kappa shape index (κ3) is 6.08. The van der Waals surface area contributed by atoms with Gasteiger partial charge in [0.2, 0.25) is 0 Å². The van der Waals surface area contributed by atoms with Gasteiger partial charge in [-0.2, -0.15) is 0 Å². The zero-order valence-corrected chi connectivity index (χ0v) is 12.4. The van der Waals surface area contributed by atoms with Gasteiger partial charge in [0.05, 0.1) is 0 Å². The SMILES string of the molecule is CCCCCOC(CCCCN1C(=O)C=CC1=O)C(=O)O. The fourth-order valence-electron chi connectivity index (χ4n) is 2.11. The first-order valence-electron chi connectivity index (χ1n) is 7.44. The first-order valence-corrected chi connectivity index (χ1v) is 7.44. The Labute approximate surface area is 124 Å². The summed E-state index contributed by atoms with van der Waals surface area (Å²) in [4.78, 5) is 34.9. The van der Waals surface area contributed by atoms with E-state index in [1.165, 1.54) is 12.2 Å². The standard InChI is InChI=1S/C15H23NO5/c1-2-3-6-11-21-12(15(19)20)7-4-5-10-16-13(17)8-9-14(16)18/h8-9,12H,2-7,10-11H2,1H3,(H,19,20). The molecule has 0 fully saturated rings. The maximum atomic E-state index is 11.3. The van der Waals surface area contributed by atoms with Gasteiger partial charge in [-0.15, -0.1) is 0 Å². The highest BCUT2D eigenvalue weighted by Gasteiger charge is 2.23. The van der Waals surface area contributed by atoms with Gasteiger partial charge in [-0.25, -0.2) is 4.79 Å². The number of unbranched alkanes of at least 4 members (excludes halogenated alkanes) is 3. The summed E-state index contributed by atoms with van der Waals surface area (Å²) in [6, 6.07) is 0. The largest absolute Gasteiger partial charge is 0.479 e. The Hall–Kier alpha value is -1.69. The van der Waals surface area contributed by atoms with E-state index in [0.717, 1.165) is 24.2 Å². The van der Waals surface area contributed by atoms with E-state index >= 15 is 0 Å². The lowest BCUT2D eigenvalue weighted by atomic mass is 10.1. The molecule has 0 saturated carbocycles. The lowest BCUT2D eigenvalue weighted by molar-refractivity contribution is -0.151. The molecule has 0 aromatic rings. The summed E-state index contributed by atoms with van der Waals surface area (Å²) in [5, 5.41) is 9.07. The van der Waals surface area contributed by atoms with E-state index in [1.807, 2.05) is 0 Å². The van der Waals surface area contributed by atoms with Crippen LogP contribution >= 0.6 is 0 Å². The maximum Gasteiger partial charge on any atom is 0.332 e. The number of aliphatic carboxylic acids is 1. The Morgan fingerprint density at radius 3 is 2.43 bits per heavy atom. The van der Waals surface area contributed by atoms with Crippen molar-refractivity contribution in [3.8, 4) is 0 Å². The Balaban J connectivity index is 2.20. The maximum absolute atomic E-state index is 11.3. The van der Waals surface area contributed by atoms with Gasteiger partial charge in [0.1, 0.15) is 0 Å². The number of nitrogens with zero attached hydrogens (tertiary/aromatic N) is 1. The molecular formula is C15H23NO5. The molecule has 1 N–H and O–H groups in total. The monoisotopic (exact) mass is 297 g/mol. The molecule has 1 heterocycles. The molecule has 1 aliphatic heterocycles. The van der Waals surface area contributed by atoms with Crippen LogP contribution < -0.4 is 0 Å². The zero-order valence-electron chi connectivity index (χ0n) is 12.4. The van der Waals surface area contributed by atoms with Crippen LogP contribution in [0.1, 0.15) is 45.4 Å². The van der Waals surface area contributed by atoms with Gasteiger partial charge in [0.25, 0.3) is 11.8 Å². The van der Waals surface area contributed by atoms with Gasteiger partial charge in [0.15, 0.2) is 6.10 Å². The fourth-order valence-corrected chi connectivity index (χ4v) is 2.11. The molecule has 1 aliphatic rings. The van der Waals surface area contributed by atoms with Crippen LogP contribution in [-0.2, 0) is 19.1 Å². The van der Waals surface area contributed by atoms with Crippen molar-refractivity contribution in [1.29, 1.82) is 0 Å². The third-order valence-corrected chi connectivity index (χ3v) is 3.34. The van der Waals surface area contributed by atoms with E-state index in [9.17, 15) is 14.4 Å². The van der Waals surface area contributed by atoms with E-state index in [2.05, 4.69) is 6.92 Å². The van der Waals surface area contributed by atoms with Crippen molar-refractivity contribution >= 4 is 17.8 Å². The fraction of sp³-hybridized carbons (Fsp3) is 0.667. The van der Waals surface area contributed by atoms with Crippen molar-refractivity contribution in [3.05, 3.63) is 12.2 Å². The van der Waals surface area contributed by atoms with E-state index in [1.54, 1.807) is 0 Å². The summed E-state index contributed by atoms with van der Waals surface area (Å²) in [6.07, 6.45) is 6.23. The molecule has 0 bridgehead atoms. The molecule has 0 saturated heterocycles. The molecule has 21 heavy (non-hydrogen) atoms. The molecular weight excluding hydrogens is 274 g/mol. The summed E-state index contributed by atoms with van der Waals surface area (Å²) < 4.78 is 5.36. The van der Waals surface area contributed by atoms with Gasteiger partial charge in [-0.1, -0.05) is 19.8 Å². The molecule has 0 aromatic heterocycles. The van der Waals surface area contributed by atoms with Crippen LogP contribution in [0.2, 0.25) is 0 Å². The van der Waals surface area contributed by atoms with Gasteiger partial charge in [-0.3, -0.25) is 14.5 Å². The molecule has 6 heteroatoms. The van der Waals surface area contributed by atoms with E-state index in [-0.39, 0.29) is 11.8 Å². The number of carbonyl (C=O) groups excluding carboxylic acids is 2. The molecule has 1 unspecified atom stereocenters. The summed E-state index contributed by atoms with van der Waals surface area (Å²) in [7, 11) is 0. The van der Waals surface area contributed by atoms with E-state index in [0.29, 0.717) is 32.4 Å². The smallest absolute Gasteiger partial charge is 0.332 e. The molecule has 2 amide bonds. The van der Waals surface area contributed by atoms with Crippen LogP contribution in [0.25, 0.3) is 0 Å². The second kappa shape index (κ2) is 9.28. The van der Waals surface area contributed by atoms with E-state index in [4.69, 9.17) is 9.84 Å². The number of amides is 2. The molecule has 0 spiro atoms. The topological polar surface area (TPSA) is 83.9 Å². The number of hydrogen-bond donors (Lipinski definition) is 1. The van der Waals surface area contributed by atoms with Gasteiger partial charge in [0, 0.05) is 25.3 Å². The summed E-state index contributed by atoms with van der Waals surface area (Å²) in [5.41, 5.74) is 0. The molecule has 118 valence electrons. The summed E-state index contributed by atoms with van der Waals surface area (Å²) >= 11 is 0. The van der Waals surface area contributed by atoms with Crippen molar-refractivity contribution in [1.82, 2.24) is 4.90 Å². The Kier molecular flexibility index (Phi) is 7.68. The average molecular weight is 297 g/mol. The number of carbonyl (C=O) groups is 3. The number of carboxylic acids is 1. The minimum absolute atomic E-state index is 0.300. The number of imide groups is 1. The van der Waals surface area contributed by atoms with Crippen LogP contribution in [-0.4, -0.2) is 47.0 Å². The van der Waals surface area contributed by atoms with Crippen molar-refractivity contribution in [3.63, 3.8) is 0 Å². The highest BCUT2D eigenvalue weighted by Crippen LogP contribution is 2.10. The van der Waals surface area contributed by atoms with Crippen molar-refractivity contribution in [2.45, 2.75) is 51.6 Å². The van der Waals surface area contributed by atoms with Gasteiger partial charge >= 0.3 is 5.97 Å². The lowest BCUT2D eigenvalue weighted by Gasteiger charge is -2.16. The van der Waals surface area contributed by atoms with E-state index < -0.39 is 12.1 Å². The second-order valence-electron chi connectivity index (χ2n) is 5.06. The second-order valence-corrected chi connectivity index (χ2v) is 5.06. The number of rotatable bonds is 11. The van der Waals surface area contributed by atoms with Crippen molar-refractivity contribution < 1.29 is 24.2 Å². The zero-order chi connectivity index (χ0) is 15.7. The quantitative estimate of drug-likeness (QED) is 0.464. The highest BCUT2D eigenvalue weighted by atomic mass is 16.5. The Morgan fingerprint density at radius 2 is 1.86 bits per heavy atom. The van der Waals surface area contributed by atoms with Crippen LogP contribution in [0.5, 0.6) is 0 Å². The van der Waals surface area contributed by atoms with Crippen LogP contribution in [0, 0.1) is 0 Å². The predicted octanol–water partition coefficient (Wildman–Crippen LogP) is 1.74. The van der Waals surface area contributed by atoms with Crippen LogP contribution in [0.4, 0.5) is 0 Å². The summed E-state index contributed by atoms with van der Waals surface area (Å²) in [6.45, 7) is 2.86. The molecule has 0 radical (unpaired) electrons. The highest BCUT2D eigenvalue weighted by molar-refractivity contribution is 6.12. The average Bonchev–Trinajstić information content (AvgIpc) is 2.76. The normalized spacial score (nSPS) is 15.8. The number of hydrogen-bond acceptors (Lipinski definition) is 4. The molecule has 0 aromatic carbocycles. The molecule has 0 aliphatic carbocycles. The van der Waals surface area contributed by atoms with Crippen molar-refractivity contribution in [2.24, 2.45) is 0 Å². The number of carboxylic acid groups (broad SMARTS) is 1. The Morgan fingerprint density at radius 1 is 1.19 bits per heavy atom.